The maximum atomic E-state index is 5.52. The summed E-state index contributed by atoms with van der Waals surface area (Å²) >= 11 is 0. The first kappa shape index (κ1) is 17.1. The van der Waals surface area contributed by atoms with Crippen LogP contribution in [0.2, 0.25) is 0 Å². The number of aromatic nitrogens is 7. The van der Waals surface area contributed by atoms with Crippen molar-refractivity contribution in [2.24, 2.45) is 0 Å². The lowest BCUT2D eigenvalue weighted by atomic mass is 9.96. The van der Waals surface area contributed by atoms with E-state index in [1.165, 1.54) is 0 Å². The van der Waals surface area contributed by atoms with Crippen molar-refractivity contribution < 1.29 is 4.74 Å². The molecule has 1 aliphatic rings. The number of nitrogens with one attached hydrogen (secondary N) is 1. The van der Waals surface area contributed by atoms with Crippen molar-refractivity contribution in [3.8, 4) is 0 Å². The van der Waals surface area contributed by atoms with E-state index in [1.807, 2.05) is 30.1 Å². The predicted molar refractivity (Wildman–Crippen MR) is 105 cm³/mol. The van der Waals surface area contributed by atoms with Crippen LogP contribution in [0.15, 0.2) is 24.8 Å². The predicted octanol–water partition coefficient (Wildman–Crippen LogP) is 2.83. The number of hydrogen-bond donors (Lipinski definition) is 1. The highest BCUT2D eigenvalue weighted by Crippen LogP contribution is 2.31. The molecule has 1 saturated heterocycles. The van der Waals surface area contributed by atoms with E-state index in [9.17, 15) is 0 Å². The van der Waals surface area contributed by atoms with Crippen LogP contribution < -0.4 is 5.32 Å². The molecule has 9 nitrogen and oxygen atoms in total. The monoisotopic (exact) mass is 378 g/mol. The van der Waals surface area contributed by atoms with Gasteiger partial charge in [0.25, 0.3) is 0 Å². The summed E-state index contributed by atoms with van der Waals surface area (Å²) in [6.07, 6.45) is 7.25. The normalized spacial score (nSPS) is 15.5. The highest BCUT2D eigenvalue weighted by molar-refractivity contribution is 5.79. The van der Waals surface area contributed by atoms with Crippen molar-refractivity contribution in [1.29, 1.82) is 0 Å². The van der Waals surface area contributed by atoms with Crippen LogP contribution in [0, 0.1) is 6.92 Å². The van der Waals surface area contributed by atoms with Gasteiger partial charge in [0.05, 0.1) is 23.8 Å². The van der Waals surface area contributed by atoms with E-state index in [2.05, 4.69) is 27.3 Å². The molecule has 0 aromatic carbocycles. The molecule has 28 heavy (non-hydrogen) atoms. The Labute approximate surface area is 161 Å². The molecular weight excluding hydrogens is 356 g/mol. The van der Waals surface area contributed by atoms with Gasteiger partial charge in [0, 0.05) is 25.7 Å². The van der Waals surface area contributed by atoms with E-state index in [0.29, 0.717) is 11.9 Å². The molecule has 4 aromatic heterocycles. The van der Waals surface area contributed by atoms with Crippen molar-refractivity contribution in [1.82, 2.24) is 34.3 Å². The number of nitrogens with zero attached hydrogens (tertiary/aromatic N) is 7. The third-order valence-corrected chi connectivity index (χ3v) is 5.30. The molecule has 0 saturated carbocycles. The van der Waals surface area contributed by atoms with Gasteiger partial charge in [0.2, 0.25) is 5.95 Å². The summed E-state index contributed by atoms with van der Waals surface area (Å²) < 4.78 is 9.23. The standard InChI is InChI=1S/C19H22N8O/c1-3-26-15-9-20-19(23-14-10-27-16(8-12(14)2)21-11-22-27)24-18(15)17(25-26)13-4-6-28-7-5-13/h8-11,13H,3-7H2,1-2H3,(H,20,23,24). The van der Waals surface area contributed by atoms with Gasteiger partial charge in [-0.25, -0.2) is 19.5 Å². The number of ether oxygens (including phenoxy) is 1. The summed E-state index contributed by atoms with van der Waals surface area (Å²) in [6.45, 7) is 6.45. The summed E-state index contributed by atoms with van der Waals surface area (Å²) in [5, 5.41) is 12.4. The second-order valence-electron chi connectivity index (χ2n) is 7.07. The fraction of sp³-hybridized carbons (Fsp3) is 0.421. The first-order valence-corrected chi connectivity index (χ1v) is 9.61. The van der Waals surface area contributed by atoms with Crippen LogP contribution in [0.3, 0.4) is 0 Å². The number of hydrogen-bond acceptors (Lipinski definition) is 7. The van der Waals surface area contributed by atoms with Crippen LogP contribution in [-0.2, 0) is 11.3 Å². The molecule has 0 spiro atoms. The van der Waals surface area contributed by atoms with Crippen LogP contribution in [0.5, 0.6) is 0 Å². The first-order valence-electron chi connectivity index (χ1n) is 9.61. The lowest BCUT2D eigenvalue weighted by Gasteiger charge is -2.20. The zero-order valence-corrected chi connectivity index (χ0v) is 16.0. The molecule has 0 atom stereocenters. The Morgan fingerprint density at radius 3 is 2.93 bits per heavy atom. The van der Waals surface area contributed by atoms with E-state index >= 15 is 0 Å². The Morgan fingerprint density at radius 2 is 2.11 bits per heavy atom. The summed E-state index contributed by atoms with van der Waals surface area (Å²) in [4.78, 5) is 13.6. The molecule has 9 heteroatoms. The molecule has 0 aliphatic carbocycles. The highest BCUT2D eigenvalue weighted by atomic mass is 16.5. The smallest absolute Gasteiger partial charge is 0.227 e. The molecule has 0 unspecified atom stereocenters. The van der Waals surface area contributed by atoms with Gasteiger partial charge < -0.3 is 10.1 Å². The number of rotatable bonds is 4. The molecule has 1 aliphatic heterocycles. The SMILES string of the molecule is CCn1nc(C2CCOCC2)c2nc(Nc3cn4ncnc4cc3C)ncc21. The second-order valence-corrected chi connectivity index (χ2v) is 7.07. The van der Waals surface area contributed by atoms with Crippen LogP contribution >= 0.6 is 0 Å². The lowest BCUT2D eigenvalue weighted by Crippen LogP contribution is -2.15. The lowest BCUT2D eigenvalue weighted by molar-refractivity contribution is 0.0846. The molecule has 1 N–H and O–H groups in total. The Morgan fingerprint density at radius 1 is 1.25 bits per heavy atom. The summed E-state index contributed by atoms with van der Waals surface area (Å²) in [5.41, 5.74) is 5.70. The molecule has 5 rings (SSSR count). The van der Waals surface area contributed by atoms with Gasteiger partial charge in [-0.15, -0.1) is 0 Å². The quantitative estimate of drug-likeness (QED) is 0.583. The summed E-state index contributed by atoms with van der Waals surface area (Å²) in [7, 11) is 0. The van der Waals surface area contributed by atoms with E-state index in [4.69, 9.17) is 14.8 Å². The van der Waals surface area contributed by atoms with Crippen molar-refractivity contribution in [2.75, 3.05) is 18.5 Å². The van der Waals surface area contributed by atoms with Gasteiger partial charge in [-0.1, -0.05) is 0 Å². The number of fused-ring (bicyclic) bond motifs is 2. The van der Waals surface area contributed by atoms with Gasteiger partial charge in [-0.05, 0) is 38.3 Å². The third-order valence-electron chi connectivity index (χ3n) is 5.30. The maximum absolute atomic E-state index is 5.52. The molecule has 0 bridgehead atoms. The van der Waals surface area contributed by atoms with Gasteiger partial charge in [0.15, 0.2) is 5.65 Å². The number of pyridine rings is 1. The van der Waals surface area contributed by atoms with Gasteiger partial charge in [-0.2, -0.15) is 10.2 Å². The van der Waals surface area contributed by atoms with Gasteiger partial charge in [0.1, 0.15) is 17.4 Å². The fourth-order valence-corrected chi connectivity index (χ4v) is 3.74. The van der Waals surface area contributed by atoms with E-state index in [1.54, 1.807) is 10.8 Å². The van der Waals surface area contributed by atoms with Gasteiger partial charge >= 0.3 is 0 Å². The average molecular weight is 378 g/mol. The van der Waals surface area contributed by atoms with E-state index in [0.717, 1.165) is 66.2 Å². The maximum Gasteiger partial charge on any atom is 0.227 e. The summed E-state index contributed by atoms with van der Waals surface area (Å²) in [6, 6.07) is 1.98. The third kappa shape index (κ3) is 2.88. The minimum absolute atomic E-state index is 0.375. The highest BCUT2D eigenvalue weighted by Gasteiger charge is 2.24. The Bertz CT molecular complexity index is 1140. The van der Waals surface area contributed by atoms with Crippen molar-refractivity contribution in [2.45, 2.75) is 39.2 Å². The van der Waals surface area contributed by atoms with Gasteiger partial charge in [-0.3, -0.25) is 4.68 Å². The fourth-order valence-electron chi connectivity index (χ4n) is 3.74. The molecule has 0 amide bonds. The molecular formula is C19H22N8O. The first-order chi connectivity index (χ1) is 13.7. The largest absolute Gasteiger partial charge is 0.381 e. The second kappa shape index (κ2) is 6.83. The topological polar surface area (TPSA) is 95.0 Å². The minimum Gasteiger partial charge on any atom is -0.381 e. The average Bonchev–Trinajstić information content (AvgIpc) is 3.32. The van der Waals surface area contributed by atoms with Crippen LogP contribution in [-0.4, -0.2) is 47.6 Å². The van der Waals surface area contributed by atoms with E-state index < -0.39 is 0 Å². The molecule has 1 fully saturated rings. The van der Waals surface area contributed by atoms with Crippen LogP contribution in [0.4, 0.5) is 11.6 Å². The zero-order chi connectivity index (χ0) is 19.1. The Kier molecular flexibility index (Phi) is 4.16. The molecule has 0 radical (unpaired) electrons. The van der Waals surface area contributed by atoms with E-state index in [-0.39, 0.29) is 0 Å². The number of aryl methyl sites for hydroxylation is 2. The summed E-state index contributed by atoms with van der Waals surface area (Å²) in [5.74, 6) is 0.930. The van der Waals surface area contributed by atoms with Crippen molar-refractivity contribution in [3.63, 3.8) is 0 Å². The minimum atomic E-state index is 0.375. The van der Waals surface area contributed by atoms with Crippen LogP contribution in [0.25, 0.3) is 16.7 Å². The molecule has 4 aromatic rings. The molecule has 5 heterocycles. The zero-order valence-electron chi connectivity index (χ0n) is 16.0. The molecule has 144 valence electrons. The van der Waals surface area contributed by atoms with Crippen LogP contribution in [0.1, 0.15) is 36.9 Å². The Hall–Kier alpha value is -3.07. The number of anilines is 2. The van der Waals surface area contributed by atoms with Crippen molar-refractivity contribution in [3.05, 3.63) is 36.0 Å². The Balaban J connectivity index is 1.55. The van der Waals surface area contributed by atoms with Crippen molar-refractivity contribution >= 4 is 28.3 Å².